The van der Waals surface area contributed by atoms with Crippen LogP contribution in [-0.2, 0) is 0 Å². The van der Waals surface area contributed by atoms with Crippen molar-refractivity contribution in [3.05, 3.63) is 42.7 Å². The highest BCUT2D eigenvalue weighted by Crippen LogP contribution is 2.23. The number of aromatic nitrogens is 2. The highest BCUT2D eigenvalue weighted by molar-refractivity contribution is 5.51. The van der Waals surface area contributed by atoms with Crippen LogP contribution < -0.4 is 16.0 Å². The van der Waals surface area contributed by atoms with Crippen LogP contribution in [0.5, 0.6) is 0 Å². The zero-order valence-corrected chi connectivity index (χ0v) is 14.8. The molecule has 1 unspecified atom stereocenters. The van der Waals surface area contributed by atoms with Crippen LogP contribution in [0.3, 0.4) is 0 Å². The van der Waals surface area contributed by atoms with Crippen molar-refractivity contribution < 1.29 is 0 Å². The molecule has 0 radical (unpaired) electrons. The van der Waals surface area contributed by atoms with E-state index in [1.807, 2.05) is 23.1 Å². The van der Waals surface area contributed by atoms with E-state index in [9.17, 15) is 0 Å². The Hall–Kier alpha value is -1.85. The monoisotopic (exact) mass is 339 g/mol. The summed E-state index contributed by atoms with van der Waals surface area (Å²) in [7, 11) is 0. The summed E-state index contributed by atoms with van der Waals surface area (Å²) in [5.41, 5.74) is 8.73. The van der Waals surface area contributed by atoms with Crippen molar-refractivity contribution in [1.82, 2.24) is 15.1 Å². The molecule has 0 bridgehead atoms. The number of piperidine rings is 1. The Kier molecular flexibility index (Phi) is 5.04. The molecule has 1 saturated heterocycles. The molecule has 1 aromatic heterocycles. The summed E-state index contributed by atoms with van der Waals surface area (Å²) >= 11 is 0. The van der Waals surface area contributed by atoms with Gasteiger partial charge in [0.15, 0.2) is 0 Å². The van der Waals surface area contributed by atoms with E-state index in [4.69, 9.17) is 5.73 Å². The van der Waals surface area contributed by atoms with Crippen molar-refractivity contribution >= 4 is 5.69 Å². The lowest BCUT2D eigenvalue weighted by molar-refractivity contribution is 0.282. The Morgan fingerprint density at radius 2 is 1.80 bits per heavy atom. The molecule has 1 aliphatic heterocycles. The third kappa shape index (κ3) is 3.88. The molecule has 0 spiro atoms. The van der Waals surface area contributed by atoms with Gasteiger partial charge in [-0.25, -0.2) is 4.68 Å². The number of nitrogens with one attached hydrogen (secondary N) is 1. The third-order valence-corrected chi connectivity index (χ3v) is 5.67. The maximum atomic E-state index is 6.32. The highest BCUT2D eigenvalue weighted by atomic mass is 15.3. The summed E-state index contributed by atoms with van der Waals surface area (Å²) in [6.45, 7) is 2.21. The molecule has 1 aliphatic carbocycles. The fourth-order valence-electron chi connectivity index (χ4n) is 4.25. The lowest BCUT2D eigenvalue weighted by atomic mass is 9.89. The SMILES string of the molecule is N[C@@H]1CCCC[C@H]1NC1CCCN(c2ccc(-n3cccn3)cc2)C1. The second-order valence-electron chi connectivity index (χ2n) is 7.47. The quantitative estimate of drug-likeness (QED) is 0.899. The summed E-state index contributed by atoms with van der Waals surface area (Å²) in [6.07, 6.45) is 11.3. The van der Waals surface area contributed by atoms with Crippen molar-refractivity contribution in [2.75, 3.05) is 18.0 Å². The van der Waals surface area contributed by atoms with Crippen LogP contribution in [0.1, 0.15) is 38.5 Å². The minimum absolute atomic E-state index is 0.331. The molecule has 1 aromatic carbocycles. The van der Waals surface area contributed by atoms with Gasteiger partial charge in [0.2, 0.25) is 0 Å². The minimum Gasteiger partial charge on any atom is -0.370 e. The van der Waals surface area contributed by atoms with Crippen LogP contribution in [0.25, 0.3) is 5.69 Å². The third-order valence-electron chi connectivity index (χ3n) is 5.67. The van der Waals surface area contributed by atoms with Crippen molar-refractivity contribution in [3.8, 4) is 5.69 Å². The van der Waals surface area contributed by atoms with Crippen molar-refractivity contribution in [3.63, 3.8) is 0 Å². The molecule has 5 nitrogen and oxygen atoms in total. The van der Waals surface area contributed by atoms with Gasteiger partial charge in [0.05, 0.1) is 5.69 Å². The number of benzene rings is 1. The number of hydrogen-bond acceptors (Lipinski definition) is 4. The molecule has 134 valence electrons. The Labute approximate surface area is 150 Å². The molecule has 3 atom stereocenters. The first kappa shape index (κ1) is 16.6. The standard InChI is InChI=1S/C20H29N5/c21-19-6-1-2-7-20(19)23-16-5-3-13-24(15-16)17-8-10-18(11-9-17)25-14-4-12-22-25/h4,8-12,14,16,19-20,23H,1-3,5-7,13,15,21H2/t16?,19-,20-/m1/s1. The van der Waals surface area contributed by atoms with Crippen LogP contribution in [0, 0.1) is 0 Å². The molecule has 1 saturated carbocycles. The lowest BCUT2D eigenvalue weighted by Gasteiger charge is -2.39. The molecule has 2 heterocycles. The molecular weight excluding hydrogens is 310 g/mol. The highest BCUT2D eigenvalue weighted by Gasteiger charge is 2.27. The summed E-state index contributed by atoms with van der Waals surface area (Å²) in [6, 6.07) is 12.1. The van der Waals surface area contributed by atoms with Gasteiger partial charge in [-0.3, -0.25) is 0 Å². The van der Waals surface area contributed by atoms with E-state index in [0.717, 1.165) is 18.8 Å². The van der Waals surface area contributed by atoms with E-state index >= 15 is 0 Å². The summed E-state index contributed by atoms with van der Waals surface area (Å²) < 4.78 is 1.90. The topological polar surface area (TPSA) is 59.1 Å². The predicted molar refractivity (Wildman–Crippen MR) is 102 cm³/mol. The van der Waals surface area contributed by atoms with Gasteiger partial charge < -0.3 is 16.0 Å². The number of anilines is 1. The molecular formula is C20H29N5. The molecule has 2 aromatic rings. The fraction of sp³-hybridized carbons (Fsp3) is 0.550. The minimum atomic E-state index is 0.331. The van der Waals surface area contributed by atoms with Crippen molar-refractivity contribution in [1.29, 1.82) is 0 Å². The van der Waals surface area contributed by atoms with E-state index in [-0.39, 0.29) is 0 Å². The Morgan fingerprint density at radius 3 is 2.56 bits per heavy atom. The number of nitrogens with two attached hydrogens (primary N) is 1. The first-order valence-electron chi connectivity index (χ1n) is 9.66. The van der Waals surface area contributed by atoms with Crippen LogP contribution in [0.15, 0.2) is 42.7 Å². The van der Waals surface area contributed by atoms with Crippen LogP contribution >= 0.6 is 0 Å². The maximum Gasteiger partial charge on any atom is 0.0647 e. The Morgan fingerprint density at radius 1 is 1.00 bits per heavy atom. The van der Waals surface area contributed by atoms with Gasteiger partial charge in [-0.15, -0.1) is 0 Å². The molecule has 5 heteroatoms. The molecule has 4 rings (SSSR count). The Balaban J connectivity index is 1.39. The summed E-state index contributed by atoms with van der Waals surface area (Å²) in [5, 5.41) is 8.15. The number of hydrogen-bond donors (Lipinski definition) is 2. The lowest BCUT2D eigenvalue weighted by Crippen LogP contribution is -2.55. The zero-order valence-electron chi connectivity index (χ0n) is 14.8. The first-order chi connectivity index (χ1) is 12.3. The summed E-state index contributed by atoms with van der Waals surface area (Å²) in [4.78, 5) is 2.50. The van der Waals surface area contributed by atoms with Gasteiger partial charge in [-0.2, -0.15) is 5.10 Å². The van der Waals surface area contributed by atoms with Crippen LogP contribution in [0.2, 0.25) is 0 Å². The molecule has 2 fully saturated rings. The first-order valence-corrected chi connectivity index (χ1v) is 9.66. The predicted octanol–water partition coefficient (Wildman–Crippen LogP) is 2.70. The second kappa shape index (κ2) is 7.58. The van der Waals surface area contributed by atoms with Crippen LogP contribution in [0.4, 0.5) is 5.69 Å². The van der Waals surface area contributed by atoms with E-state index < -0.39 is 0 Å². The zero-order chi connectivity index (χ0) is 17.1. The van der Waals surface area contributed by atoms with Gasteiger partial charge in [-0.1, -0.05) is 12.8 Å². The van der Waals surface area contributed by atoms with E-state index in [2.05, 4.69) is 39.6 Å². The average molecular weight is 339 g/mol. The van der Waals surface area contributed by atoms with Crippen LogP contribution in [-0.4, -0.2) is 41.0 Å². The maximum absolute atomic E-state index is 6.32. The second-order valence-corrected chi connectivity index (χ2v) is 7.47. The van der Waals surface area contributed by atoms with Crippen molar-refractivity contribution in [2.24, 2.45) is 5.73 Å². The van der Waals surface area contributed by atoms with E-state index in [0.29, 0.717) is 18.1 Å². The molecule has 25 heavy (non-hydrogen) atoms. The normalized spacial score (nSPS) is 27.4. The number of rotatable bonds is 4. The smallest absolute Gasteiger partial charge is 0.0647 e. The van der Waals surface area contributed by atoms with Gasteiger partial charge >= 0.3 is 0 Å². The van der Waals surface area contributed by atoms with E-state index in [1.54, 1.807) is 0 Å². The van der Waals surface area contributed by atoms with Gasteiger partial charge in [-0.05, 0) is 56.0 Å². The molecule has 0 amide bonds. The largest absolute Gasteiger partial charge is 0.370 e. The summed E-state index contributed by atoms with van der Waals surface area (Å²) in [5.74, 6) is 0. The number of nitrogens with zero attached hydrogens (tertiary/aromatic N) is 3. The molecule has 3 N–H and O–H groups in total. The van der Waals surface area contributed by atoms with Gasteiger partial charge in [0.1, 0.15) is 0 Å². The fourth-order valence-corrected chi connectivity index (χ4v) is 4.25. The Bertz CT molecular complexity index is 651. The van der Waals surface area contributed by atoms with Crippen molar-refractivity contribution in [2.45, 2.75) is 56.7 Å². The average Bonchev–Trinajstić information content (AvgIpc) is 3.19. The van der Waals surface area contributed by atoms with Gasteiger partial charge in [0, 0.05) is 49.3 Å². The van der Waals surface area contributed by atoms with E-state index in [1.165, 1.54) is 44.2 Å². The van der Waals surface area contributed by atoms with Gasteiger partial charge in [0.25, 0.3) is 0 Å². The molecule has 2 aliphatic rings.